The molecule has 7 nitrogen and oxygen atoms in total. The highest BCUT2D eigenvalue weighted by atomic mass is 32.2. The number of hydrogen-bond acceptors (Lipinski definition) is 5. The van der Waals surface area contributed by atoms with Crippen LogP contribution in [0.5, 0.6) is 0 Å². The van der Waals surface area contributed by atoms with Crippen molar-refractivity contribution in [2.45, 2.75) is 25.3 Å². The summed E-state index contributed by atoms with van der Waals surface area (Å²) in [5.74, 6) is 0.655. The van der Waals surface area contributed by atoms with Crippen LogP contribution in [0.15, 0.2) is 39.8 Å². The lowest BCUT2D eigenvalue weighted by Crippen LogP contribution is -2.27. The van der Waals surface area contributed by atoms with Crippen molar-refractivity contribution in [1.82, 2.24) is 4.31 Å². The molecule has 0 radical (unpaired) electrons. The van der Waals surface area contributed by atoms with E-state index in [0.29, 0.717) is 11.3 Å². The van der Waals surface area contributed by atoms with E-state index < -0.39 is 14.9 Å². The lowest BCUT2D eigenvalue weighted by molar-refractivity contribution is -0.385. The van der Waals surface area contributed by atoms with Gasteiger partial charge in [-0.05, 0) is 31.5 Å². The highest BCUT2D eigenvalue weighted by Gasteiger charge is 2.25. The topological polar surface area (TPSA) is 93.7 Å². The highest BCUT2D eigenvalue weighted by Crippen LogP contribution is 2.25. The molecule has 0 atom stereocenters. The van der Waals surface area contributed by atoms with Crippen LogP contribution >= 0.6 is 0 Å². The molecule has 1 aromatic carbocycles. The summed E-state index contributed by atoms with van der Waals surface area (Å²) in [6.07, 6.45) is 1.50. The smallest absolute Gasteiger partial charge is 0.269 e. The fraction of sp³-hybridized carbons (Fsp3) is 0.286. The molecule has 0 bridgehead atoms. The minimum atomic E-state index is -3.74. The number of sulfonamides is 1. The standard InChI is InChI=1S/C14H16N2O5S/c1-10-8-13(16(17)18)4-5-14(10)22(19,20)15(3)9-12-6-7-21-11(12)2/h4-8H,9H2,1-3H3. The maximum absolute atomic E-state index is 12.6. The molecule has 0 unspecified atom stereocenters. The molecular weight excluding hydrogens is 308 g/mol. The molecule has 22 heavy (non-hydrogen) atoms. The van der Waals surface area contributed by atoms with Crippen molar-refractivity contribution in [2.75, 3.05) is 7.05 Å². The summed E-state index contributed by atoms with van der Waals surface area (Å²) in [5, 5.41) is 10.7. The van der Waals surface area contributed by atoms with Gasteiger partial charge in [0, 0.05) is 31.3 Å². The van der Waals surface area contributed by atoms with Gasteiger partial charge in [-0.1, -0.05) is 0 Å². The third-order valence-corrected chi connectivity index (χ3v) is 5.38. The van der Waals surface area contributed by atoms with Crippen molar-refractivity contribution in [1.29, 1.82) is 0 Å². The molecule has 0 amide bonds. The Labute approximate surface area is 128 Å². The first-order valence-corrected chi connectivity index (χ1v) is 7.92. The van der Waals surface area contributed by atoms with E-state index in [2.05, 4.69) is 0 Å². The minimum Gasteiger partial charge on any atom is -0.469 e. The summed E-state index contributed by atoms with van der Waals surface area (Å²) in [6.45, 7) is 3.46. The molecule has 1 aromatic heterocycles. The lowest BCUT2D eigenvalue weighted by atomic mass is 10.2. The fourth-order valence-corrected chi connectivity index (χ4v) is 3.46. The van der Waals surface area contributed by atoms with Gasteiger partial charge in [0.1, 0.15) is 5.76 Å². The summed E-state index contributed by atoms with van der Waals surface area (Å²) < 4.78 is 31.5. The molecule has 0 saturated carbocycles. The van der Waals surface area contributed by atoms with Crippen LogP contribution in [0.4, 0.5) is 5.69 Å². The number of nitro benzene ring substituents is 1. The Kier molecular flexibility index (Phi) is 4.34. The van der Waals surface area contributed by atoms with Gasteiger partial charge in [0.05, 0.1) is 16.1 Å². The number of benzene rings is 1. The van der Waals surface area contributed by atoms with Crippen LogP contribution < -0.4 is 0 Å². The monoisotopic (exact) mass is 324 g/mol. The average molecular weight is 324 g/mol. The summed E-state index contributed by atoms with van der Waals surface area (Å²) in [7, 11) is -2.27. The van der Waals surface area contributed by atoms with Gasteiger partial charge in [0.2, 0.25) is 10.0 Å². The maximum atomic E-state index is 12.6. The van der Waals surface area contributed by atoms with Crippen molar-refractivity contribution >= 4 is 15.7 Å². The van der Waals surface area contributed by atoms with Crippen LogP contribution in [0.2, 0.25) is 0 Å². The zero-order valence-electron chi connectivity index (χ0n) is 12.4. The van der Waals surface area contributed by atoms with E-state index >= 15 is 0 Å². The number of hydrogen-bond donors (Lipinski definition) is 0. The Bertz CT molecular complexity index is 810. The van der Waals surface area contributed by atoms with E-state index in [1.807, 2.05) is 0 Å². The third kappa shape index (κ3) is 3.02. The summed E-state index contributed by atoms with van der Waals surface area (Å²) in [5.41, 5.74) is 0.973. The van der Waals surface area contributed by atoms with Gasteiger partial charge in [-0.25, -0.2) is 8.42 Å². The summed E-state index contributed by atoms with van der Waals surface area (Å²) in [4.78, 5) is 10.2. The maximum Gasteiger partial charge on any atom is 0.269 e. The molecule has 0 aliphatic heterocycles. The molecule has 0 N–H and O–H groups in total. The first-order chi connectivity index (χ1) is 10.2. The van der Waals surface area contributed by atoms with E-state index in [1.54, 1.807) is 13.0 Å². The normalized spacial score (nSPS) is 11.8. The Morgan fingerprint density at radius 3 is 2.45 bits per heavy atom. The van der Waals surface area contributed by atoms with E-state index in [1.165, 1.54) is 42.7 Å². The van der Waals surface area contributed by atoms with Crippen LogP contribution in [-0.2, 0) is 16.6 Å². The quantitative estimate of drug-likeness (QED) is 0.622. The largest absolute Gasteiger partial charge is 0.469 e. The first-order valence-electron chi connectivity index (χ1n) is 6.48. The molecule has 2 rings (SSSR count). The predicted molar refractivity (Wildman–Crippen MR) is 79.9 cm³/mol. The van der Waals surface area contributed by atoms with E-state index in [9.17, 15) is 18.5 Å². The van der Waals surface area contributed by atoms with Crippen molar-refractivity contribution in [2.24, 2.45) is 0 Å². The number of nitrogens with zero attached hydrogens (tertiary/aromatic N) is 2. The Morgan fingerprint density at radius 1 is 1.27 bits per heavy atom. The fourth-order valence-electron chi connectivity index (χ4n) is 2.10. The minimum absolute atomic E-state index is 0.0572. The summed E-state index contributed by atoms with van der Waals surface area (Å²) >= 11 is 0. The molecular formula is C14H16N2O5S. The zero-order chi connectivity index (χ0) is 16.5. The third-order valence-electron chi connectivity index (χ3n) is 3.42. The SMILES string of the molecule is Cc1cc([N+](=O)[O-])ccc1S(=O)(=O)N(C)Cc1ccoc1C. The van der Waals surface area contributed by atoms with E-state index in [0.717, 1.165) is 5.56 Å². The number of furan rings is 1. The molecule has 0 aliphatic carbocycles. The van der Waals surface area contributed by atoms with Crippen molar-refractivity contribution < 1.29 is 17.8 Å². The van der Waals surface area contributed by atoms with E-state index in [4.69, 9.17) is 4.42 Å². The average Bonchev–Trinajstić information content (AvgIpc) is 2.83. The van der Waals surface area contributed by atoms with Gasteiger partial charge in [-0.3, -0.25) is 10.1 Å². The second-order valence-corrected chi connectivity index (χ2v) is 6.98. The second kappa shape index (κ2) is 5.90. The Hall–Kier alpha value is -2.19. The van der Waals surface area contributed by atoms with Crippen LogP contribution in [0.1, 0.15) is 16.9 Å². The molecule has 118 valence electrons. The number of aryl methyl sites for hydroxylation is 2. The highest BCUT2D eigenvalue weighted by molar-refractivity contribution is 7.89. The van der Waals surface area contributed by atoms with Crippen LogP contribution in [0.3, 0.4) is 0 Å². The molecule has 1 heterocycles. The van der Waals surface area contributed by atoms with Crippen LogP contribution in [-0.4, -0.2) is 24.7 Å². The van der Waals surface area contributed by atoms with Gasteiger partial charge in [0.25, 0.3) is 5.69 Å². The molecule has 8 heteroatoms. The number of non-ortho nitro benzene ring substituents is 1. The first kappa shape index (κ1) is 16.2. The molecule has 0 fully saturated rings. The Balaban J connectivity index is 2.34. The van der Waals surface area contributed by atoms with Gasteiger partial charge in [-0.15, -0.1) is 0 Å². The molecule has 0 aliphatic rings. The number of nitro groups is 1. The predicted octanol–water partition coefficient (Wildman–Crippen LogP) is 2.63. The summed E-state index contributed by atoms with van der Waals surface area (Å²) in [6, 6.07) is 5.42. The van der Waals surface area contributed by atoms with Crippen LogP contribution in [0, 0.1) is 24.0 Å². The zero-order valence-corrected chi connectivity index (χ0v) is 13.3. The van der Waals surface area contributed by atoms with Gasteiger partial charge in [0.15, 0.2) is 0 Å². The Morgan fingerprint density at radius 2 is 1.95 bits per heavy atom. The lowest BCUT2D eigenvalue weighted by Gasteiger charge is -2.18. The van der Waals surface area contributed by atoms with Gasteiger partial charge < -0.3 is 4.42 Å². The number of rotatable bonds is 5. The molecule has 2 aromatic rings. The van der Waals surface area contributed by atoms with Gasteiger partial charge >= 0.3 is 0 Å². The molecule has 0 saturated heterocycles. The van der Waals surface area contributed by atoms with Gasteiger partial charge in [-0.2, -0.15) is 4.31 Å². The van der Waals surface area contributed by atoms with Crippen molar-refractivity contribution in [3.8, 4) is 0 Å². The van der Waals surface area contributed by atoms with Crippen LogP contribution in [0.25, 0.3) is 0 Å². The second-order valence-electron chi connectivity index (χ2n) is 4.97. The van der Waals surface area contributed by atoms with E-state index in [-0.39, 0.29) is 17.1 Å². The van der Waals surface area contributed by atoms with Crippen molar-refractivity contribution in [3.63, 3.8) is 0 Å². The molecule has 0 spiro atoms. The van der Waals surface area contributed by atoms with Crippen molar-refractivity contribution in [3.05, 3.63) is 57.5 Å².